The molecule has 0 aliphatic rings. The van der Waals surface area contributed by atoms with E-state index in [1.807, 2.05) is 13.0 Å². The zero-order chi connectivity index (χ0) is 12.8. The minimum atomic E-state index is -0.466. The average molecular weight is 254 g/mol. The molecule has 0 spiro atoms. The maximum absolute atomic E-state index is 11.6. The molecule has 0 N–H and O–H groups in total. The van der Waals surface area contributed by atoms with Crippen LogP contribution in [0.15, 0.2) is 24.5 Å². The van der Waals surface area contributed by atoms with Crippen molar-refractivity contribution in [2.24, 2.45) is 0 Å². The highest BCUT2D eigenvalue weighted by molar-refractivity contribution is 7.75. The van der Waals surface area contributed by atoms with Crippen molar-refractivity contribution in [3.63, 3.8) is 0 Å². The van der Waals surface area contributed by atoms with Crippen LogP contribution in [0.4, 0.5) is 0 Å². The average Bonchev–Trinajstić information content (AvgIpc) is 2.36. The number of esters is 1. The Labute approximate surface area is 106 Å². The lowest BCUT2D eigenvalue weighted by Gasteiger charge is -2.10. The van der Waals surface area contributed by atoms with Gasteiger partial charge >= 0.3 is 5.97 Å². The molecule has 0 bridgehead atoms. The van der Waals surface area contributed by atoms with Crippen LogP contribution in [0.1, 0.15) is 11.1 Å². The molecular weight excluding hydrogens is 240 g/mol. The highest BCUT2D eigenvalue weighted by Gasteiger charge is 2.16. The van der Waals surface area contributed by atoms with Gasteiger partial charge in [-0.25, -0.2) is 4.79 Å². The van der Waals surface area contributed by atoms with Crippen LogP contribution in [0, 0.1) is 6.92 Å². The van der Waals surface area contributed by atoms with Gasteiger partial charge in [-0.05, 0) is 30.2 Å². The number of benzene rings is 1. The summed E-state index contributed by atoms with van der Waals surface area (Å²) in [4.78, 5) is 11.6. The molecule has 0 radical (unpaired) electrons. The molecule has 0 saturated heterocycles. The maximum atomic E-state index is 11.6. The molecule has 0 atom stereocenters. The summed E-state index contributed by atoms with van der Waals surface area (Å²) >= 11 is 3.72. The van der Waals surface area contributed by atoms with Crippen molar-refractivity contribution in [1.82, 2.24) is 0 Å². The van der Waals surface area contributed by atoms with Crippen LogP contribution in [-0.2, 0) is 14.3 Å². The van der Waals surface area contributed by atoms with Gasteiger partial charge in [0.25, 0.3) is 0 Å². The number of aryl methyl sites for hydroxylation is 1. The van der Waals surface area contributed by atoms with Crippen molar-refractivity contribution in [2.45, 2.75) is 6.92 Å². The molecule has 17 heavy (non-hydrogen) atoms. The maximum Gasteiger partial charge on any atom is 0.341 e. The second-order valence-corrected chi connectivity index (χ2v) is 3.51. The summed E-state index contributed by atoms with van der Waals surface area (Å²) in [5.41, 5.74) is 1.93. The highest BCUT2D eigenvalue weighted by atomic mass is 32.1. The molecule has 0 fully saturated rings. The van der Waals surface area contributed by atoms with E-state index in [9.17, 15) is 4.79 Å². The Hall–Kier alpha value is -1.62. The van der Waals surface area contributed by atoms with E-state index in [1.54, 1.807) is 12.1 Å². The van der Waals surface area contributed by atoms with Crippen LogP contribution in [0.3, 0.4) is 0 Å². The number of hydrogen-bond acceptors (Lipinski definition) is 5. The van der Waals surface area contributed by atoms with Gasteiger partial charge in [0.15, 0.2) is 0 Å². The third-order valence-corrected chi connectivity index (χ3v) is 2.46. The fourth-order valence-corrected chi connectivity index (χ4v) is 1.51. The number of rotatable bonds is 4. The van der Waals surface area contributed by atoms with E-state index >= 15 is 0 Å². The summed E-state index contributed by atoms with van der Waals surface area (Å²) in [5, 5.41) is 0. The van der Waals surface area contributed by atoms with E-state index < -0.39 is 5.97 Å². The first kappa shape index (κ1) is 13.4. The molecule has 1 aromatic rings. The fraction of sp³-hybridized carbons (Fsp3) is 0.250. The standard InChI is InChI=1S/C12H14O4S/c1-8-4-5-9(16-17)6-10(8)11(7-14-2)12(13)15-3/h4-7,17H,1-3H3/b11-7+. The van der Waals surface area contributed by atoms with Crippen LogP contribution in [0.25, 0.3) is 5.57 Å². The SMILES string of the molecule is CO/C=C(/C(=O)OC)c1cc(OS)ccc1C. The number of ether oxygens (including phenoxy) is 2. The van der Waals surface area contributed by atoms with Gasteiger partial charge in [-0.1, -0.05) is 6.07 Å². The van der Waals surface area contributed by atoms with Gasteiger partial charge in [-0.15, -0.1) is 0 Å². The van der Waals surface area contributed by atoms with E-state index in [4.69, 9.17) is 13.7 Å². The Bertz CT molecular complexity index is 440. The largest absolute Gasteiger partial charge is 0.503 e. The summed E-state index contributed by atoms with van der Waals surface area (Å²) in [6.45, 7) is 1.88. The molecule has 0 aromatic heterocycles. The van der Waals surface area contributed by atoms with E-state index in [2.05, 4.69) is 12.9 Å². The second kappa shape index (κ2) is 6.20. The molecule has 0 aliphatic carbocycles. The van der Waals surface area contributed by atoms with Crippen LogP contribution < -0.4 is 4.18 Å². The number of carbonyl (C=O) groups excluding carboxylic acids is 1. The van der Waals surface area contributed by atoms with Crippen LogP contribution in [-0.4, -0.2) is 20.2 Å². The van der Waals surface area contributed by atoms with Crippen molar-refractivity contribution >= 4 is 24.5 Å². The zero-order valence-electron chi connectivity index (χ0n) is 9.89. The lowest BCUT2D eigenvalue weighted by Crippen LogP contribution is -2.06. The summed E-state index contributed by atoms with van der Waals surface area (Å²) < 4.78 is 14.4. The molecular formula is C12H14O4S. The molecule has 4 nitrogen and oxygen atoms in total. The molecule has 0 unspecified atom stereocenters. The molecule has 0 saturated carbocycles. The number of carbonyl (C=O) groups is 1. The van der Waals surface area contributed by atoms with Gasteiger partial charge in [0.1, 0.15) is 11.3 Å². The third-order valence-electron chi connectivity index (χ3n) is 2.25. The molecule has 1 aromatic carbocycles. The molecule has 92 valence electrons. The van der Waals surface area contributed by atoms with Crippen LogP contribution in [0.2, 0.25) is 0 Å². The quantitative estimate of drug-likeness (QED) is 0.294. The van der Waals surface area contributed by atoms with Gasteiger partial charge in [0, 0.05) is 12.9 Å². The van der Waals surface area contributed by atoms with Crippen molar-refractivity contribution in [3.8, 4) is 5.75 Å². The predicted molar refractivity (Wildman–Crippen MR) is 67.8 cm³/mol. The molecule has 0 amide bonds. The van der Waals surface area contributed by atoms with Crippen molar-refractivity contribution in [1.29, 1.82) is 0 Å². The monoisotopic (exact) mass is 254 g/mol. The smallest absolute Gasteiger partial charge is 0.341 e. The number of hydrogen-bond donors (Lipinski definition) is 1. The van der Waals surface area contributed by atoms with Gasteiger partial charge in [0.05, 0.1) is 20.5 Å². The first-order valence-corrected chi connectivity index (χ1v) is 5.24. The van der Waals surface area contributed by atoms with Gasteiger partial charge in [-0.2, -0.15) is 0 Å². The van der Waals surface area contributed by atoms with Crippen molar-refractivity contribution in [3.05, 3.63) is 35.6 Å². The Kier molecular flexibility index (Phi) is 4.90. The zero-order valence-corrected chi connectivity index (χ0v) is 10.8. The lowest BCUT2D eigenvalue weighted by atomic mass is 10.0. The van der Waals surface area contributed by atoms with Crippen molar-refractivity contribution < 1.29 is 18.5 Å². The summed E-state index contributed by atoms with van der Waals surface area (Å²) in [6, 6.07) is 5.28. The van der Waals surface area contributed by atoms with E-state index in [0.29, 0.717) is 16.9 Å². The molecule has 0 heterocycles. The summed E-state index contributed by atoms with van der Waals surface area (Å²) in [6.07, 6.45) is 1.34. The Morgan fingerprint density at radius 3 is 2.59 bits per heavy atom. The van der Waals surface area contributed by atoms with Gasteiger partial charge < -0.3 is 13.7 Å². The first-order chi connectivity index (χ1) is 8.13. The number of methoxy groups -OCH3 is 2. The lowest BCUT2D eigenvalue weighted by molar-refractivity contribution is -0.133. The number of thiol groups is 1. The normalized spacial score (nSPS) is 10.9. The summed E-state index contributed by atoms with van der Waals surface area (Å²) in [5.74, 6) is 0.0751. The molecule has 5 heteroatoms. The van der Waals surface area contributed by atoms with Gasteiger partial charge in [0.2, 0.25) is 0 Å². The van der Waals surface area contributed by atoms with E-state index in [-0.39, 0.29) is 0 Å². The van der Waals surface area contributed by atoms with Crippen LogP contribution >= 0.6 is 12.9 Å². The van der Waals surface area contributed by atoms with Crippen molar-refractivity contribution in [2.75, 3.05) is 14.2 Å². The van der Waals surface area contributed by atoms with E-state index in [1.165, 1.54) is 20.5 Å². The fourth-order valence-electron chi connectivity index (χ4n) is 1.40. The minimum absolute atomic E-state index is 0.333. The highest BCUT2D eigenvalue weighted by Crippen LogP contribution is 2.25. The second-order valence-electron chi connectivity index (χ2n) is 3.33. The first-order valence-electron chi connectivity index (χ1n) is 4.87. The Morgan fingerprint density at radius 2 is 2.06 bits per heavy atom. The van der Waals surface area contributed by atoms with Gasteiger partial charge in [-0.3, -0.25) is 0 Å². The minimum Gasteiger partial charge on any atom is -0.503 e. The third kappa shape index (κ3) is 3.17. The summed E-state index contributed by atoms with van der Waals surface area (Å²) in [7, 11) is 2.79. The predicted octanol–water partition coefficient (Wildman–Crippen LogP) is 2.38. The Balaban J connectivity index is 3.27. The topological polar surface area (TPSA) is 44.8 Å². The molecule has 0 aliphatic heterocycles. The molecule has 1 rings (SSSR count). The van der Waals surface area contributed by atoms with Crippen LogP contribution in [0.5, 0.6) is 5.75 Å². The Morgan fingerprint density at radius 1 is 1.35 bits per heavy atom. The van der Waals surface area contributed by atoms with E-state index in [0.717, 1.165) is 5.56 Å².